The summed E-state index contributed by atoms with van der Waals surface area (Å²) >= 11 is 0. The highest BCUT2D eigenvalue weighted by Crippen LogP contribution is 2.24. The molecule has 0 aromatic heterocycles. The molecule has 1 unspecified atom stereocenters. The van der Waals surface area contributed by atoms with Crippen LogP contribution in [0.3, 0.4) is 0 Å². The van der Waals surface area contributed by atoms with Crippen LogP contribution >= 0.6 is 0 Å². The quantitative estimate of drug-likeness (QED) is 0.864. The van der Waals surface area contributed by atoms with E-state index in [4.69, 9.17) is 5.11 Å². The third kappa shape index (κ3) is 3.42. The van der Waals surface area contributed by atoms with Gasteiger partial charge in [-0.05, 0) is 16.7 Å². The third-order valence-electron chi connectivity index (χ3n) is 3.13. The molecule has 2 aromatic rings. The summed E-state index contributed by atoms with van der Waals surface area (Å²) in [4.78, 5) is 10.7. The molecule has 0 spiro atoms. The fourth-order valence-corrected chi connectivity index (χ4v) is 2.08. The molecule has 1 atom stereocenters. The van der Waals surface area contributed by atoms with Crippen molar-refractivity contribution in [3.05, 3.63) is 60.2 Å². The number of hydrogen-bond acceptors (Lipinski definition) is 2. The van der Waals surface area contributed by atoms with Crippen molar-refractivity contribution in [3.8, 4) is 11.1 Å². The van der Waals surface area contributed by atoms with Crippen LogP contribution in [0.2, 0.25) is 0 Å². The molecular formula is C16H16O3. The number of rotatable bonds is 5. The summed E-state index contributed by atoms with van der Waals surface area (Å²) in [5, 5.41) is 18.0. The molecule has 0 fully saturated rings. The van der Waals surface area contributed by atoms with Crippen LogP contribution in [0.5, 0.6) is 0 Å². The molecule has 0 aliphatic carbocycles. The van der Waals surface area contributed by atoms with Gasteiger partial charge in [-0.15, -0.1) is 0 Å². The van der Waals surface area contributed by atoms with E-state index in [2.05, 4.69) is 0 Å². The van der Waals surface area contributed by atoms with Gasteiger partial charge in [0.1, 0.15) is 0 Å². The highest BCUT2D eigenvalue weighted by molar-refractivity contribution is 5.68. The Morgan fingerprint density at radius 1 is 0.947 bits per heavy atom. The number of carbonyl (C=O) groups is 1. The minimum atomic E-state index is -0.897. The molecule has 0 saturated heterocycles. The first-order valence-electron chi connectivity index (χ1n) is 6.18. The van der Waals surface area contributed by atoms with Gasteiger partial charge in [0, 0.05) is 5.92 Å². The molecule has 0 radical (unpaired) electrons. The molecular weight excluding hydrogens is 240 g/mol. The lowest BCUT2D eigenvalue weighted by Crippen LogP contribution is -2.10. The Morgan fingerprint density at radius 3 is 2.05 bits per heavy atom. The first-order valence-corrected chi connectivity index (χ1v) is 6.18. The van der Waals surface area contributed by atoms with Crippen molar-refractivity contribution >= 4 is 5.97 Å². The maximum Gasteiger partial charge on any atom is 0.304 e. The molecule has 0 saturated carbocycles. The fourth-order valence-electron chi connectivity index (χ4n) is 2.08. The Hall–Kier alpha value is -2.13. The predicted octanol–water partition coefficient (Wildman–Crippen LogP) is 2.90. The summed E-state index contributed by atoms with van der Waals surface area (Å²) in [6, 6.07) is 17.6. The van der Waals surface area contributed by atoms with Crippen LogP contribution in [0.25, 0.3) is 11.1 Å². The molecule has 2 N–H and O–H groups in total. The van der Waals surface area contributed by atoms with Crippen LogP contribution in [0.4, 0.5) is 0 Å². The van der Waals surface area contributed by atoms with Gasteiger partial charge in [0.05, 0.1) is 13.0 Å². The standard InChI is InChI=1S/C16H16O3/c17-11-15(10-16(18)19)14-8-6-13(7-9-14)12-4-2-1-3-5-12/h1-9,15,17H,10-11H2,(H,18,19). The lowest BCUT2D eigenvalue weighted by molar-refractivity contribution is -0.137. The zero-order chi connectivity index (χ0) is 13.7. The van der Waals surface area contributed by atoms with E-state index in [1.54, 1.807) is 0 Å². The molecule has 98 valence electrons. The van der Waals surface area contributed by atoms with Gasteiger partial charge in [0.2, 0.25) is 0 Å². The Labute approximate surface area is 112 Å². The third-order valence-corrected chi connectivity index (χ3v) is 3.13. The van der Waals surface area contributed by atoms with Crippen LogP contribution in [-0.4, -0.2) is 22.8 Å². The fraction of sp³-hybridized carbons (Fsp3) is 0.188. The van der Waals surface area contributed by atoms with E-state index < -0.39 is 5.97 Å². The van der Waals surface area contributed by atoms with Crippen molar-refractivity contribution in [2.24, 2.45) is 0 Å². The van der Waals surface area contributed by atoms with Gasteiger partial charge in [0.15, 0.2) is 0 Å². The molecule has 0 amide bonds. The van der Waals surface area contributed by atoms with Gasteiger partial charge < -0.3 is 10.2 Å². The van der Waals surface area contributed by atoms with E-state index >= 15 is 0 Å². The molecule has 0 aliphatic heterocycles. The average Bonchev–Trinajstić information content (AvgIpc) is 2.46. The molecule has 0 bridgehead atoms. The van der Waals surface area contributed by atoms with Gasteiger partial charge in [-0.3, -0.25) is 4.79 Å². The monoisotopic (exact) mass is 256 g/mol. The SMILES string of the molecule is O=C(O)CC(CO)c1ccc(-c2ccccc2)cc1. The van der Waals surface area contributed by atoms with Crippen LogP contribution in [0.1, 0.15) is 17.9 Å². The van der Waals surface area contributed by atoms with Gasteiger partial charge in [0.25, 0.3) is 0 Å². The smallest absolute Gasteiger partial charge is 0.304 e. The van der Waals surface area contributed by atoms with Gasteiger partial charge >= 0.3 is 5.97 Å². The van der Waals surface area contributed by atoms with Crippen molar-refractivity contribution < 1.29 is 15.0 Å². The Kier molecular flexibility index (Phi) is 4.31. The number of aliphatic carboxylic acids is 1. The molecule has 0 heterocycles. The van der Waals surface area contributed by atoms with Gasteiger partial charge in [-0.2, -0.15) is 0 Å². The molecule has 19 heavy (non-hydrogen) atoms. The zero-order valence-electron chi connectivity index (χ0n) is 10.5. The first-order chi connectivity index (χ1) is 9.20. The summed E-state index contributed by atoms with van der Waals surface area (Å²) in [7, 11) is 0. The molecule has 3 nitrogen and oxygen atoms in total. The summed E-state index contributed by atoms with van der Waals surface area (Å²) in [5.74, 6) is -1.24. The normalized spacial score (nSPS) is 12.1. The lowest BCUT2D eigenvalue weighted by Gasteiger charge is -2.12. The number of benzene rings is 2. The van der Waals surface area contributed by atoms with E-state index in [1.165, 1.54) is 0 Å². The zero-order valence-corrected chi connectivity index (χ0v) is 10.5. The van der Waals surface area contributed by atoms with E-state index in [-0.39, 0.29) is 18.9 Å². The summed E-state index contributed by atoms with van der Waals surface area (Å²) in [6.45, 7) is -0.156. The van der Waals surface area contributed by atoms with E-state index in [0.29, 0.717) is 0 Å². The minimum absolute atomic E-state index is 0.0544. The van der Waals surface area contributed by atoms with E-state index in [9.17, 15) is 9.90 Å². The number of carboxylic acids is 1. The van der Waals surface area contributed by atoms with Gasteiger partial charge in [-0.25, -0.2) is 0 Å². The molecule has 0 aliphatic rings. The second kappa shape index (κ2) is 6.16. The Morgan fingerprint density at radius 2 is 1.53 bits per heavy atom. The number of aliphatic hydroxyl groups excluding tert-OH is 1. The average molecular weight is 256 g/mol. The van der Waals surface area contributed by atoms with Crippen molar-refractivity contribution in [1.29, 1.82) is 0 Å². The number of carboxylic acid groups (broad SMARTS) is 1. The number of hydrogen-bond donors (Lipinski definition) is 2. The van der Waals surface area contributed by atoms with Crippen LogP contribution in [0, 0.1) is 0 Å². The highest BCUT2D eigenvalue weighted by Gasteiger charge is 2.14. The van der Waals surface area contributed by atoms with Crippen molar-refractivity contribution in [1.82, 2.24) is 0 Å². The summed E-state index contributed by atoms with van der Waals surface area (Å²) in [6.07, 6.45) is -0.0544. The minimum Gasteiger partial charge on any atom is -0.481 e. The maximum absolute atomic E-state index is 10.7. The van der Waals surface area contributed by atoms with E-state index in [0.717, 1.165) is 16.7 Å². The summed E-state index contributed by atoms with van der Waals surface area (Å²) in [5.41, 5.74) is 3.05. The largest absolute Gasteiger partial charge is 0.481 e. The van der Waals surface area contributed by atoms with Crippen molar-refractivity contribution in [3.63, 3.8) is 0 Å². The predicted molar refractivity (Wildman–Crippen MR) is 74.0 cm³/mol. The Balaban J connectivity index is 2.20. The van der Waals surface area contributed by atoms with Crippen molar-refractivity contribution in [2.75, 3.05) is 6.61 Å². The molecule has 2 aromatic carbocycles. The van der Waals surface area contributed by atoms with Crippen molar-refractivity contribution in [2.45, 2.75) is 12.3 Å². The van der Waals surface area contributed by atoms with Gasteiger partial charge in [-0.1, -0.05) is 54.6 Å². The van der Waals surface area contributed by atoms with Crippen LogP contribution < -0.4 is 0 Å². The van der Waals surface area contributed by atoms with Crippen LogP contribution in [0.15, 0.2) is 54.6 Å². The molecule has 3 heteroatoms. The summed E-state index contributed by atoms with van der Waals surface area (Å²) < 4.78 is 0. The Bertz CT molecular complexity index is 532. The second-order valence-electron chi connectivity index (χ2n) is 4.47. The molecule has 2 rings (SSSR count). The first kappa shape index (κ1) is 13.3. The topological polar surface area (TPSA) is 57.5 Å². The highest BCUT2D eigenvalue weighted by atomic mass is 16.4. The maximum atomic E-state index is 10.7. The number of aliphatic hydroxyl groups is 1. The van der Waals surface area contributed by atoms with E-state index in [1.807, 2.05) is 54.6 Å². The lowest BCUT2D eigenvalue weighted by atomic mass is 9.94. The second-order valence-corrected chi connectivity index (χ2v) is 4.47. The van der Waals surface area contributed by atoms with Crippen LogP contribution in [-0.2, 0) is 4.79 Å².